The number of phenolic OH excluding ortho intramolecular Hbond substituents is 1. The lowest BCUT2D eigenvalue weighted by Gasteiger charge is -2.34. The third kappa shape index (κ3) is 2.87. The number of benzene rings is 3. The summed E-state index contributed by atoms with van der Waals surface area (Å²) in [5.41, 5.74) is 6.40. The van der Waals surface area contributed by atoms with Gasteiger partial charge in [0.2, 0.25) is 0 Å². The topological polar surface area (TPSA) is 49.8 Å². The summed E-state index contributed by atoms with van der Waals surface area (Å²) in [6, 6.07) is 22.0. The van der Waals surface area contributed by atoms with Gasteiger partial charge in [-0.3, -0.25) is 4.90 Å². The summed E-state index contributed by atoms with van der Waals surface area (Å²) in [5, 5.41) is 10.2. The number of rotatable bonds is 2. The molecule has 1 heterocycles. The van der Waals surface area contributed by atoms with Gasteiger partial charge in [-0.25, -0.2) is 4.79 Å². The number of anilines is 1. The minimum Gasteiger partial charge on any atom is -0.508 e. The van der Waals surface area contributed by atoms with Gasteiger partial charge < -0.3 is 9.84 Å². The molecule has 1 aliphatic heterocycles. The third-order valence-electron chi connectivity index (χ3n) is 6.17. The van der Waals surface area contributed by atoms with Crippen LogP contribution in [0.25, 0.3) is 11.1 Å². The Bertz CT molecular complexity index is 1050. The molecular formula is C25H23NO3. The van der Waals surface area contributed by atoms with Gasteiger partial charge in [0.25, 0.3) is 0 Å². The van der Waals surface area contributed by atoms with Crippen LogP contribution in [0.1, 0.15) is 36.0 Å². The SMILES string of the molecule is CC1CCc2c(O)cccc2N1C(=O)OCC1c2ccccc2-c2ccccc21. The van der Waals surface area contributed by atoms with Crippen LogP contribution in [0.2, 0.25) is 0 Å². The smallest absolute Gasteiger partial charge is 0.414 e. The number of fused-ring (bicyclic) bond motifs is 4. The maximum Gasteiger partial charge on any atom is 0.414 e. The lowest BCUT2D eigenvalue weighted by atomic mass is 9.96. The van der Waals surface area contributed by atoms with Gasteiger partial charge in [0, 0.05) is 17.5 Å². The summed E-state index contributed by atoms with van der Waals surface area (Å²) in [4.78, 5) is 14.8. The zero-order valence-electron chi connectivity index (χ0n) is 16.3. The number of carbonyl (C=O) groups is 1. The molecule has 0 saturated carbocycles. The number of nitrogens with zero attached hydrogens (tertiary/aromatic N) is 1. The Balaban J connectivity index is 1.42. The van der Waals surface area contributed by atoms with Gasteiger partial charge in [0.1, 0.15) is 12.4 Å². The van der Waals surface area contributed by atoms with E-state index in [9.17, 15) is 9.90 Å². The molecule has 1 N–H and O–H groups in total. The van der Waals surface area contributed by atoms with E-state index in [-0.39, 0.29) is 23.8 Å². The summed E-state index contributed by atoms with van der Waals surface area (Å²) in [5.74, 6) is 0.279. The second-order valence-corrected chi connectivity index (χ2v) is 7.84. The van der Waals surface area contributed by atoms with E-state index in [1.165, 1.54) is 22.3 Å². The minimum absolute atomic E-state index is 0.0277. The van der Waals surface area contributed by atoms with Crippen molar-refractivity contribution in [2.24, 2.45) is 0 Å². The highest BCUT2D eigenvalue weighted by molar-refractivity contribution is 5.90. The Hall–Kier alpha value is -3.27. The molecule has 3 aromatic rings. The molecule has 2 aliphatic rings. The number of phenols is 1. The second kappa shape index (κ2) is 6.96. The van der Waals surface area contributed by atoms with E-state index in [4.69, 9.17) is 4.74 Å². The molecule has 4 nitrogen and oxygen atoms in total. The summed E-state index contributed by atoms with van der Waals surface area (Å²) in [6.45, 7) is 2.32. The lowest BCUT2D eigenvalue weighted by molar-refractivity contribution is 0.147. The van der Waals surface area contributed by atoms with Crippen molar-refractivity contribution in [1.29, 1.82) is 0 Å². The molecule has 0 fully saturated rings. The molecule has 3 aromatic carbocycles. The molecule has 0 bridgehead atoms. The maximum absolute atomic E-state index is 13.1. The van der Waals surface area contributed by atoms with E-state index < -0.39 is 0 Å². The van der Waals surface area contributed by atoms with Crippen LogP contribution >= 0.6 is 0 Å². The van der Waals surface area contributed by atoms with Crippen molar-refractivity contribution in [3.8, 4) is 16.9 Å². The number of hydrogen-bond donors (Lipinski definition) is 1. The van der Waals surface area contributed by atoms with Crippen molar-refractivity contribution in [3.05, 3.63) is 83.4 Å². The quantitative estimate of drug-likeness (QED) is 0.635. The van der Waals surface area contributed by atoms with Crippen LogP contribution in [-0.2, 0) is 11.2 Å². The first-order valence-corrected chi connectivity index (χ1v) is 10.1. The normalized spacial score (nSPS) is 17.4. The first-order chi connectivity index (χ1) is 14.1. The van der Waals surface area contributed by atoms with E-state index >= 15 is 0 Å². The van der Waals surface area contributed by atoms with Crippen molar-refractivity contribution >= 4 is 11.8 Å². The summed E-state index contributed by atoms with van der Waals surface area (Å²) in [7, 11) is 0. The molecular weight excluding hydrogens is 362 g/mol. The van der Waals surface area contributed by atoms with Gasteiger partial charge in [-0.05, 0) is 54.2 Å². The van der Waals surface area contributed by atoms with Gasteiger partial charge in [-0.2, -0.15) is 0 Å². The first kappa shape index (κ1) is 17.8. The summed E-state index contributed by atoms with van der Waals surface area (Å²) >= 11 is 0. The fourth-order valence-electron chi connectivity index (χ4n) is 4.71. The van der Waals surface area contributed by atoms with Gasteiger partial charge in [-0.15, -0.1) is 0 Å². The molecule has 0 spiro atoms. The zero-order valence-corrected chi connectivity index (χ0v) is 16.3. The van der Waals surface area contributed by atoms with Gasteiger partial charge in [-0.1, -0.05) is 54.6 Å². The van der Waals surface area contributed by atoms with E-state index in [0.29, 0.717) is 6.61 Å². The molecule has 1 amide bonds. The van der Waals surface area contributed by atoms with Crippen LogP contribution in [0, 0.1) is 0 Å². The lowest BCUT2D eigenvalue weighted by Crippen LogP contribution is -2.42. The zero-order chi connectivity index (χ0) is 20.0. The van der Waals surface area contributed by atoms with Gasteiger partial charge in [0.15, 0.2) is 0 Å². The van der Waals surface area contributed by atoms with E-state index in [0.717, 1.165) is 24.1 Å². The van der Waals surface area contributed by atoms with Crippen LogP contribution in [-0.4, -0.2) is 23.8 Å². The van der Waals surface area contributed by atoms with Gasteiger partial charge in [0.05, 0.1) is 5.69 Å². The fraction of sp³-hybridized carbons (Fsp3) is 0.240. The van der Waals surface area contributed by atoms with E-state index in [1.54, 1.807) is 17.0 Å². The highest BCUT2D eigenvalue weighted by atomic mass is 16.6. The summed E-state index contributed by atoms with van der Waals surface area (Å²) < 4.78 is 5.85. The predicted octanol–water partition coefficient (Wildman–Crippen LogP) is 5.48. The Labute approximate surface area is 170 Å². The molecule has 1 unspecified atom stereocenters. The highest BCUT2D eigenvalue weighted by Gasteiger charge is 2.33. The number of carbonyl (C=O) groups excluding carboxylic acids is 1. The number of ether oxygens (including phenoxy) is 1. The van der Waals surface area contributed by atoms with Crippen LogP contribution in [0.3, 0.4) is 0 Å². The summed E-state index contributed by atoms with van der Waals surface area (Å²) in [6.07, 6.45) is 1.20. The van der Waals surface area contributed by atoms with Crippen LogP contribution in [0.5, 0.6) is 5.75 Å². The monoisotopic (exact) mass is 385 g/mol. The standard InChI is InChI=1S/C25H23NO3/c1-16-13-14-21-23(11-6-12-24(21)27)26(16)25(28)29-15-22-19-9-4-2-7-17(19)18-8-3-5-10-20(18)22/h2-12,16,22,27H,13-15H2,1H3. The minimum atomic E-state index is -0.356. The number of amides is 1. The van der Waals surface area contributed by atoms with Crippen molar-refractivity contribution < 1.29 is 14.6 Å². The number of aromatic hydroxyl groups is 1. The van der Waals surface area contributed by atoms with E-state index in [1.807, 2.05) is 37.3 Å². The molecule has 146 valence electrons. The average Bonchev–Trinajstić information content (AvgIpc) is 3.06. The van der Waals surface area contributed by atoms with Gasteiger partial charge >= 0.3 is 6.09 Å². The molecule has 4 heteroatoms. The predicted molar refractivity (Wildman–Crippen MR) is 113 cm³/mol. The third-order valence-corrected chi connectivity index (χ3v) is 6.17. The molecule has 0 radical (unpaired) electrons. The van der Waals surface area contributed by atoms with Crippen molar-refractivity contribution in [3.63, 3.8) is 0 Å². The van der Waals surface area contributed by atoms with Crippen molar-refractivity contribution in [1.82, 2.24) is 0 Å². The molecule has 1 aliphatic carbocycles. The molecule has 0 saturated heterocycles. The molecule has 1 atom stereocenters. The average molecular weight is 385 g/mol. The second-order valence-electron chi connectivity index (χ2n) is 7.84. The van der Waals surface area contributed by atoms with Crippen molar-refractivity contribution in [2.75, 3.05) is 11.5 Å². The molecule has 0 aromatic heterocycles. The Morgan fingerprint density at radius 2 is 1.66 bits per heavy atom. The number of hydrogen-bond acceptors (Lipinski definition) is 3. The van der Waals surface area contributed by atoms with Crippen LogP contribution in [0.4, 0.5) is 10.5 Å². The van der Waals surface area contributed by atoms with Crippen LogP contribution < -0.4 is 4.90 Å². The molecule has 29 heavy (non-hydrogen) atoms. The van der Waals surface area contributed by atoms with E-state index in [2.05, 4.69) is 24.3 Å². The fourth-order valence-corrected chi connectivity index (χ4v) is 4.71. The molecule has 5 rings (SSSR count). The first-order valence-electron chi connectivity index (χ1n) is 10.1. The van der Waals surface area contributed by atoms with Crippen LogP contribution in [0.15, 0.2) is 66.7 Å². The Kier molecular flexibility index (Phi) is 4.27. The maximum atomic E-state index is 13.1. The van der Waals surface area contributed by atoms with Crippen molar-refractivity contribution in [2.45, 2.75) is 31.7 Å². The Morgan fingerprint density at radius 1 is 1.00 bits per heavy atom. The Morgan fingerprint density at radius 3 is 2.34 bits per heavy atom. The largest absolute Gasteiger partial charge is 0.508 e. The highest BCUT2D eigenvalue weighted by Crippen LogP contribution is 2.45.